The van der Waals surface area contributed by atoms with E-state index in [0.717, 1.165) is 6.07 Å². The van der Waals surface area contributed by atoms with Gasteiger partial charge in [0.05, 0.1) is 9.82 Å². The van der Waals surface area contributed by atoms with Crippen LogP contribution in [0.5, 0.6) is 0 Å². The molecule has 0 radical (unpaired) electrons. The Labute approximate surface area is 160 Å². The summed E-state index contributed by atoms with van der Waals surface area (Å²) in [5.41, 5.74) is 0.0833. The lowest BCUT2D eigenvalue weighted by molar-refractivity contribution is -0.385. The molecule has 0 spiro atoms. The predicted octanol–water partition coefficient (Wildman–Crippen LogP) is 3.16. The normalized spacial score (nSPS) is 12.2. The van der Waals surface area contributed by atoms with E-state index in [1.54, 1.807) is 18.2 Å². The van der Waals surface area contributed by atoms with Gasteiger partial charge in [0.25, 0.3) is 5.69 Å². The fourth-order valence-electron chi connectivity index (χ4n) is 2.01. The Morgan fingerprint density at radius 3 is 2.63 bits per heavy atom. The number of benzene rings is 2. The van der Waals surface area contributed by atoms with Gasteiger partial charge in [-0.15, -0.1) is 0 Å². The highest BCUT2D eigenvalue weighted by atomic mass is 35.5. The number of hydrogen-bond donors (Lipinski definition) is 2. The fourth-order valence-corrected chi connectivity index (χ4v) is 3.36. The van der Waals surface area contributed by atoms with Crippen LogP contribution in [0.4, 0.5) is 16.2 Å². The standard InChI is InChI=1S/C16H16ClN3O6S/c1-11(26-16(21)19-13-5-2-4-12(17)8-13)10-18-27(24,25)15-7-3-6-14(9-15)20(22)23/h2-9,11,18H,10H2,1H3,(H,19,21). The lowest BCUT2D eigenvalue weighted by atomic mass is 10.3. The molecule has 1 amide bonds. The third kappa shape index (κ3) is 6.20. The molecule has 0 aliphatic rings. The first kappa shape index (κ1) is 20.6. The minimum Gasteiger partial charge on any atom is -0.445 e. The monoisotopic (exact) mass is 413 g/mol. The number of nitrogens with one attached hydrogen (secondary N) is 2. The summed E-state index contributed by atoms with van der Waals surface area (Å²) < 4.78 is 31.7. The molecule has 1 atom stereocenters. The molecule has 0 bridgehead atoms. The van der Waals surface area contributed by atoms with Crippen LogP contribution < -0.4 is 10.0 Å². The molecule has 2 aromatic carbocycles. The van der Waals surface area contributed by atoms with Crippen LogP contribution in [0.3, 0.4) is 0 Å². The maximum Gasteiger partial charge on any atom is 0.411 e. The number of rotatable bonds is 7. The van der Waals surface area contributed by atoms with Crippen molar-refractivity contribution in [1.82, 2.24) is 4.72 Å². The number of carbonyl (C=O) groups is 1. The van der Waals surface area contributed by atoms with Gasteiger partial charge in [0, 0.05) is 29.4 Å². The Balaban J connectivity index is 1.92. The summed E-state index contributed by atoms with van der Waals surface area (Å²) in [7, 11) is -4.00. The molecular weight excluding hydrogens is 398 g/mol. The van der Waals surface area contributed by atoms with Crippen LogP contribution in [0.2, 0.25) is 5.02 Å². The van der Waals surface area contributed by atoms with Crippen LogP contribution in [0, 0.1) is 10.1 Å². The van der Waals surface area contributed by atoms with Gasteiger partial charge in [0.15, 0.2) is 0 Å². The first-order valence-corrected chi connectivity index (χ1v) is 9.51. The Bertz CT molecular complexity index is 951. The van der Waals surface area contributed by atoms with Gasteiger partial charge in [-0.25, -0.2) is 17.9 Å². The summed E-state index contributed by atoms with van der Waals surface area (Å²) in [6.07, 6.45) is -1.57. The highest BCUT2D eigenvalue weighted by Crippen LogP contribution is 2.17. The third-order valence-corrected chi connectivity index (χ3v) is 4.94. The number of hydrogen-bond acceptors (Lipinski definition) is 6. The smallest absolute Gasteiger partial charge is 0.411 e. The number of nitrogens with zero attached hydrogens (tertiary/aromatic N) is 1. The molecule has 0 fully saturated rings. The van der Waals surface area contributed by atoms with Crippen molar-refractivity contribution in [3.05, 3.63) is 63.7 Å². The highest BCUT2D eigenvalue weighted by molar-refractivity contribution is 7.89. The van der Waals surface area contributed by atoms with Crippen molar-refractivity contribution >= 4 is 39.1 Å². The van der Waals surface area contributed by atoms with E-state index in [0.29, 0.717) is 10.7 Å². The lowest BCUT2D eigenvalue weighted by Gasteiger charge is -2.15. The molecule has 0 saturated carbocycles. The maximum absolute atomic E-state index is 12.2. The minimum atomic E-state index is -4.00. The van der Waals surface area contributed by atoms with E-state index < -0.39 is 27.1 Å². The largest absolute Gasteiger partial charge is 0.445 e. The van der Waals surface area contributed by atoms with Gasteiger partial charge < -0.3 is 4.74 Å². The van der Waals surface area contributed by atoms with Crippen LogP contribution in [0.25, 0.3) is 0 Å². The number of nitro benzene ring substituents is 1. The number of sulfonamides is 1. The molecule has 1 unspecified atom stereocenters. The first-order valence-electron chi connectivity index (χ1n) is 7.65. The van der Waals surface area contributed by atoms with E-state index in [1.165, 1.54) is 31.2 Å². The van der Waals surface area contributed by atoms with Crippen molar-refractivity contribution in [2.75, 3.05) is 11.9 Å². The van der Waals surface area contributed by atoms with Gasteiger partial charge >= 0.3 is 6.09 Å². The Morgan fingerprint density at radius 1 is 1.26 bits per heavy atom. The molecule has 27 heavy (non-hydrogen) atoms. The summed E-state index contributed by atoms with van der Waals surface area (Å²) in [4.78, 5) is 21.6. The van der Waals surface area contributed by atoms with Crippen LogP contribution in [-0.4, -0.2) is 32.1 Å². The number of non-ortho nitro benzene ring substituents is 1. The zero-order chi connectivity index (χ0) is 20.0. The van der Waals surface area contributed by atoms with Gasteiger partial charge in [-0.05, 0) is 31.2 Å². The van der Waals surface area contributed by atoms with Crippen LogP contribution in [0.15, 0.2) is 53.4 Å². The van der Waals surface area contributed by atoms with E-state index in [2.05, 4.69) is 10.0 Å². The van der Waals surface area contributed by atoms with E-state index in [1.807, 2.05) is 0 Å². The quantitative estimate of drug-likeness (QED) is 0.530. The molecule has 144 valence electrons. The van der Waals surface area contributed by atoms with Crippen molar-refractivity contribution in [3.63, 3.8) is 0 Å². The molecule has 0 aliphatic carbocycles. The third-order valence-electron chi connectivity index (χ3n) is 3.28. The van der Waals surface area contributed by atoms with Crippen LogP contribution in [0.1, 0.15) is 6.92 Å². The Hall–Kier alpha value is -2.69. The molecular formula is C16H16ClN3O6S. The summed E-state index contributed by atoms with van der Waals surface area (Å²) >= 11 is 5.81. The fraction of sp³-hybridized carbons (Fsp3) is 0.188. The molecule has 0 heterocycles. The molecule has 2 aromatic rings. The molecule has 0 aromatic heterocycles. The molecule has 2 N–H and O–H groups in total. The Kier molecular flexibility index (Phi) is 6.72. The van der Waals surface area contributed by atoms with E-state index >= 15 is 0 Å². The van der Waals surface area contributed by atoms with E-state index in [-0.39, 0.29) is 17.1 Å². The average molecular weight is 414 g/mol. The molecule has 9 nitrogen and oxygen atoms in total. The number of nitro groups is 1. The summed E-state index contributed by atoms with van der Waals surface area (Å²) in [6, 6.07) is 11.1. The SMILES string of the molecule is CC(CNS(=O)(=O)c1cccc([N+](=O)[O-])c1)OC(=O)Nc1cccc(Cl)c1. The number of carbonyl (C=O) groups excluding carboxylic acids is 1. The molecule has 0 saturated heterocycles. The predicted molar refractivity (Wildman–Crippen MR) is 99.3 cm³/mol. The van der Waals surface area contributed by atoms with E-state index in [9.17, 15) is 23.3 Å². The van der Waals surface area contributed by atoms with Gasteiger partial charge in [0.2, 0.25) is 10.0 Å². The highest BCUT2D eigenvalue weighted by Gasteiger charge is 2.19. The van der Waals surface area contributed by atoms with Crippen molar-refractivity contribution < 1.29 is 22.9 Å². The first-order chi connectivity index (χ1) is 12.7. The van der Waals surface area contributed by atoms with Gasteiger partial charge in [-0.1, -0.05) is 23.7 Å². The second-order valence-corrected chi connectivity index (χ2v) is 7.66. The van der Waals surface area contributed by atoms with Crippen molar-refractivity contribution in [2.45, 2.75) is 17.9 Å². The number of ether oxygens (including phenoxy) is 1. The molecule has 11 heteroatoms. The zero-order valence-corrected chi connectivity index (χ0v) is 15.7. The van der Waals surface area contributed by atoms with Gasteiger partial charge in [-0.2, -0.15) is 0 Å². The maximum atomic E-state index is 12.2. The minimum absolute atomic E-state index is 0.214. The zero-order valence-electron chi connectivity index (χ0n) is 14.1. The summed E-state index contributed by atoms with van der Waals surface area (Å²) in [6.45, 7) is 1.28. The average Bonchev–Trinajstić information content (AvgIpc) is 2.60. The van der Waals surface area contributed by atoms with Crippen molar-refractivity contribution in [3.8, 4) is 0 Å². The second-order valence-electron chi connectivity index (χ2n) is 5.46. The molecule has 0 aliphatic heterocycles. The number of halogens is 1. The van der Waals surface area contributed by atoms with E-state index in [4.69, 9.17) is 16.3 Å². The summed E-state index contributed by atoms with van der Waals surface area (Å²) in [5, 5.41) is 13.7. The number of anilines is 1. The topological polar surface area (TPSA) is 128 Å². The van der Waals surface area contributed by atoms with Crippen LogP contribution in [-0.2, 0) is 14.8 Å². The Morgan fingerprint density at radius 2 is 1.96 bits per heavy atom. The van der Waals surface area contributed by atoms with Crippen LogP contribution >= 0.6 is 11.6 Å². The van der Waals surface area contributed by atoms with Gasteiger partial charge in [0.1, 0.15) is 6.10 Å². The van der Waals surface area contributed by atoms with Gasteiger partial charge in [-0.3, -0.25) is 15.4 Å². The second kappa shape index (κ2) is 8.80. The van der Waals surface area contributed by atoms with Crippen molar-refractivity contribution in [1.29, 1.82) is 0 Å². The van der Waals surface area contributed by atoms with Crippen molar-refractivity contribution in [2.24, 2.45) is 0 Å². The summed E-state index contributed by atoms with van der Waals surface area (Å²) in [5.74, 6) is 0. The lowest BCUT2D eigenvalue weighted by Crippen LogP contribution is -2.34. The molecule has 2 rings (SSSR count). The number of amides is 1.